The van der Waals surface area contributed by atoms with Gasteiger partial charge in [-0.1, -0.05) is 46.5 Å². The summed E-state index contributed by atoms with van der Waals surface area (Å²) in [7, 11) is 0. The summed E-state index contributed by atoms with van der Waals surface area (Å²) in [5, 5.41) is 3.59. The zero-order valence-corrected chi connectivity index (χ0v) is 14.2. The highest BCUT2D eigenvalue weighted by molar-refractivity contribution is 5.82. The fourth-order valence-corrected chi connectivity index (χ4v) is 2.71. The van der Waals surface area contributed by atoms with Gasteiger partial charge >= 0.3 is 0 Å². The van der Waals surface area contributed by atoms with Crippen molar-refractivity contribution in [2.45, 2.75) is 84.7 Å². The molecule has 0 aliphatic carbocycles. The summed E-state index contributed by atoms with van der Waals surface area (Å²) in [6.45, 7) is 12.9. The lowest BCUT2D eigenvalue weighted by Crippen LogP contribution is -2.58. The van der Waals surface area contributed by atoms with Crippen molar-refractivity contribution in [1.29, 1.82) is 0 Å². The van der Waals surface area contributed by atoms with Gasteiger partial charge in [0.2, 0.25) is 5.91 Å². The van der Waals surface area contributed by atoms with E-state index in [0.29, 0.717) is 11.8 Å². The number of rotatable bonds is 9. The standard InChI is InChI=1S/C17H34N2O/c1-6-8-9-10-11-15(18-17(4,5)7-2)16(20)19-12-14(3)13-19/h14-15,18H,6-13H2,1-5H3. The molecule has 1 fully saturated rings. The van der Waals surface area contributed by atoms with Gasteiger partial charge in [-0.3, -0.25) is 4.79 Å². The number of carbonyl (C=O) groups excluding carboxylic acids is 1. The monoisotopic (exact) mass is 282 g/mol. The van der Waals surface area contributed by atoms with Crippen molar-refractivity contribution >= 4 is 5.91 Å². The Hall–Kier alpha value is -0.570. The number of hydrogen-bond donors (Lipinski definition) is 1. The predicted molar refractivity (Wildman–Crippen MR) is 85.8 cm³/mol. The van der Waals surface area contributed by atoms with Crippen molar-refractivity contribution in [2.24, 2.45) is 5.92 Å². The van der Waals surface area contributed by atoms with E-state index >= 15 is 0 Å². The van der Waals surface area contributed by atoms with Crippen LogP contribution in [-0.2, 0) is 4.79 Å². The molecule has 1 heterocycles. The molecule has 3 nitrogen and oxygen atoms in total. The summed E-state index contributed by atoms with van der Waals surface area (Å²) in [6, 6.07) is 0.00862. The van der Waals surface area contributed by atoms with Gasteiger partial charge in [0.1, 0.15) is 0 Å². The average molecular weight is 282 g/mol. The van der Waals surface area contributed by atoms with Crippen molar-refractivity contribution in [3.8, 4) is 0 Å². The van der Waals surface area contributed by atoms with Crippen LogP contribution in [0.15, 0.2) is 0 Å². The van der Waals surface area contributed by atoms with Crippen LogP contribution in [0.3, 0.4) is 0 Å². The number of amides is 1. The van der Waals surface area contributed by atoms with Gasteiger partial charge in [0.25, 0.3) is 0 Å². The minimum absolute atomic E-state index is 0.00862. The van der Waals surface area contributed by atoms with Gasteiger partial charge in [-0.05, 0) is 32.6 Å². The Bertz CT molecular complexity index is 295. The maximum atomic E-state index is 12.6. The molecule has 1 amide bonds. The molecule has 1 unspecified atom stereocenters. The first kappa shape index (κ1) is 17.5. The largest absolute Gasteiger partial charge is 0.341 e. The summed E-state index contributed by atoms with van der Waals surface area (Å²) >= 11 is 0. The topological polar surface area (TPSA) is 32.3 Å². The molecular formula is C17H34N2O. The molecule has 1 aliphatic heterocycles. The fourth-order valence-electron chi connectivity index (χ4n) is 2.71. The van der Waals surface area contributed by atoms with Gasteiger partial charge in [0.15, 0.2) is 0 Å². The van der Waals surface area contributed by atoms with E-state index in [0.717, 1.165) is 32.4 Å². The lowest BCUT2D eigenvalue weighted by atomic mass is 9.95. The molecule has 118 valence electrons. The van der Waals surface area contributed by atoms with Crippen LogP contribution in [0.1, 0.15) is 73.1 Å². The molecule has 1 atom stereocenters. The third-order valence-electron chi connectivity index (χ3n) is 4.47. The number of hydrogen-bond acceptors (Lipinski definition) is 2. The van der Waals surface area contributed by atoms with Crippen molar-refractivity contribution in [1.82, 2.24) is 10.2 Å². The van der Waals surface area contributed by atoms with Crippen LogP contribution in [0.4, 0.5) is 0 Å². The van der Waals surface area contributed by atoms with Crippen LogP contribution in [-0.4, -0.2) is 35.5 Å². The second kappa shape index (κ2) is 8.02. The molecule has 1 saturated heterocycles. The first-order valence-corrected chi connectivity index (χ1v) is 8.46. The molecule has 20 heavy (non-hydrogen) atoms. The maximum Gasteiger partial charge on any atom is 0.239 e. The second-order valence-electron chi connectivity index (χ2n) is 7.13. The van der Waals surface area contributed by atoms with E-state index in [1.165, 1.54) is 19.3 Å². The first-order chi connectivity index (χ1) is 9.39. The molecule has 0 bridgehead atoms. The molecule has 0 spiro atoms. The lowest BCUT2D eigenvalue weighted by molar-refractivity contribution is -0.140. The van der Waals surface area contributed by atoms with Crippen LogP contribution in [0.25, 0.3) is 0 Å². The SMILES string of the molecule is CCCCCCC(NC(C)(C)CC)C(=O)N1CC(C)C1. The Balaban J connectivity index is 2.51. The number of nitrogens with zero attached hydrogens (tertiary/aromatic N) is 1. The Morgan fingerprint density at radius 1 is 1.25 bits per heavy atom. The van der Waals surface area contributed by atoms with Crippen LogP contribution in [0, 0.1) is 5.92 Å². The van der Waals surface area contributed by atoms with E-state index < -0.39 is 0 Å². The molecule has 0 saturated carbocycles. The molecule has 1 N–H and O–H groups in total. The van der Waals surface area contributed by atoms with Gasteiger partial charge < -0.3 is 10.2 Å². The van der Waals surface area contributed by atoms with E-state index in [1.54, 1.807) is 0 Å². The van der Waals surface area contributed by atoms with E-state index in [1.807, 2.05) is 4.90 Å². The molecule has 0 aromatic heterocycles. The van der Waals surface area contributed by atoms with Crippen LogP contribution >= 0.6 is 0 Å². The van der Waals surface area contributed by atoms with Crippen LogP contribution in [0.5, 0.6) is 0 Å². The predicted octanol–water partition coefficient (Wildman–Crippen LogP) is 3.58. The number of likely N-dealkylation sites (tertiary alicyclic amines) is 1. The summed E-state index contributed by atoms with van der Waals surface area (Å²) in [5.41, 5.74) is 0.0432. The zero-order chi connectivity index (χ0) is 15.2. The Morgan fingerprint density at radius 2 is 1.90 bits per heavy atom. The van der Waals surface area contributed by atoms with Gasteiger partial charge in [0, 0.05) is 18.6 Å². The van der Waals surface area contributed by atoms with Gasteiger partial charge in [-0.15, -0.1) is 0 Å². The normalized spacial score (nSPS) is 17.9. The zero-order valence-electron chi connectivity index (χ0n) is 14.2. The molecular weight excluding hydrogens is 248 g/mol. The van der Waals surface area contributed by atoms with Crippen LogP contribution in [0.2, 0.25) is 0 Å². The highest BCUT2D eigenvalue weighted by Crippen LogP contribution is 2.19. The Kier molecular flexibility index (Phi) is 7.01. The molecule has 1 rings (SSSR count). The maximum absolute atomic E-state index is 12.6. The number of carbonyl (C=O) groups is 1. The first-order valence-electron chi connectivity index (χ1n) is 8.46. The van der Waals surface area contributed by atoms with Gasteiger partial charge in [-0.25, -0.2) is 0 Å². The summed E-state index contributed by atoms with van der Waals surface area (Å²) in [4.78, 5) is 14.6. The lowest BCUT2D eigenvalue weighted by Gasteiger charge is -2.41. The van der Waals surface area contributed by atoms with Crippen LogP contribution < -0.4 is 5.32 Å². The van der Waals surface area contributed by atoms with Crippen molar-refractivity contribution in [3.63, 3.8) is 0 Å². The Labute approximate surface area is 125 Å². The molecule has 0 radical (unpaired) electrons. The van der Waals surface area contributed by atoms with Crippen molar-refractivity contribution < 1.29 is 4.79 Å². The minimum atomic E-state index is 0.00862. The third kappa shape index (κ3) is 5.43. The molecule has 1 aliphatic rings. The fraction of sp³-hybridized carbons (Fsp3) is 0.941. The van der Waals surface area contributed by atoms with E-state index in [9.17, 15) is 4.79 Å². The summed E-state index contributed by atoms with van der Waals surface area (Å²) in [5.74, 6) is 1.00. The second-order valence-corrected chi connectivity index (χ2v) is 7.13. The third-order valence-corrected chi connectivity index (χ3v) is 4.47. The van der Waals surface area contributed by atoms with Crippen molar-refractivity contribution in [3.05, 3.63) is 0 Å². The van der Waals surface area contributed by atoms with E-state index in [2.05, 4.69) is 39.9 Å². The Morgan fingerprint density at radius 3 is 2.40 bits per heavy atom. The summed E-state index contributed by atoms with van der Waals surface area (Å²) < 4.78 is 0. The van der Waals surface area contributed by atoms with Gasteiger partial charge in [-0.2, -0.15) is 0 Å². The summed E-state index contributed by atoms with van der Waals surface area (Å²) in [6.07, 6.45) is 6.94. The molecule has 0 aromatic rings. The quantitative estimate of drug-likeness (QED) is 0.656. The highest BCUT2D eigenvalue weighted by atomic mass is 16.2. The number of nitrogens with one attached hydrogen (secondary N) is 1. The van der Waals surface area contributed by atoms with Gasteiger partial charge in [0.05, 0.1) is 6.04 Å². The average Bonchev–Trinajstić information content (AvgIpc) is 2.38. The van der Waals surface area contributed by atoms with E-state index in [-0.39, 0.29) is 11.6 Å². The molecule has 3 heteroatoms. The van der Waals surface area contributed by atoms with E-state index in [4.69, 9.17) is 0 Å². The minimum Gasteiger partial charge on any atom is -0.341 e. The molecule has 0 aromatic carbocycles. The smallest absolute Gasteiger partial charge is 0.239 e. The number of unbranched alkanes of at least 4 members (excludes halogenated alkanes) is 3. The van der Waals surface area contributed by atoms with Crippen molar-refractivity contribution in [2.75, 3.05) is 13.1 Å². The highest BCUT2D eigenvalue weighted by Gasteiger charge is 2.33.